The monoisotopic (exact) mass is 551 g/mol. The Labute approximate surface area is 237 Å². The Morgan fingerprint density at radius 2 is 1.71 bits per heavy atom. The predicted molar refractivity (Wildman–Crippen MR) is 155 cm³/mol. The van der Waals surface area contributed by atoms with E-state index in [1.54, 1.807) is 49.2 Å². The summed E-state index contributed by atoms with van der Waals surface area (Å²) in [7, 11) is 3.16. The number of methoxy groups -OCH3 is 2. The van der Waals surface area contributed by atoms with Crippen LogP contribution >= 0.6 is 0 Å². The third-order valence-corrected chi connectivity index (χ3v) is 6.52. The van der Waals surface area contributed by atoms with Gasteiger partial charge in [0.2, 0.25) is 5.88 Å². The minimum Gasteiger partial charge on any atom is -0.497 e. The summed E-state index contributed by atoms with van der Waals surface area (Å²) in [6.07, 6.45) is 1.44. The number of aryl methyl sites for hydroxylation is 2. The van der Waals surface area contributed by atoms with Crippen molar-refractivity contribution in [2.24, 2.45) is 0 Å². The highest BCUT2D eigenvalue weighted by Crippen LogP contribution is 2.45. The molecule has 5 rings (SSSR count). The van der Waals surface area contributed by atoms with Crippen molar-refractivity contribution in [3.8, 4) is 45.5 Å². The van der Waals surface area contributed by atoms with E-state index < -0.39 is 5.97 Å². The van der Waals surface area contributed by atoms with Crippen LogP contribution in [-0.4, -0.2) is 35.9 Å². The van der Waals surface area contributed by atoms with Crippen molar-refractivity contribution in [2.45, 2.75) is 20.8 Å². The number of nitrogens with one attached hydrogen (secondary N) is 1. The number of esters is 1. The summed E-state index contributed by atoms with van der Waals surface area (Å²) in [5, 5.41) is 7.81. The second kappa shape index (κ2) is 11.4. The number of hydrogen-bond acceptors (Lipinski definition) is 7. The molecule has 9 nitrogen and oxygen atoms in total. The van der Waals surface area contributed by atoms with Crippen LogP contribution in [0.15, 0.2) is 83.5 Å². The topological polar surface area (TPSA) is 105 Å². The van der Waals surface area contributed by atoms with Gasteiger partial charge in [0.25, 0.3) is 5.91 Å². The molecule has 0 aliphatic carbocycles. The number of ether oxygens (including phenoxy) is 3. The first-order valence-corrected chi connectivity index (χ1v) is 12.9. The summed E-state index contributed by atoms with van der Waals surface area (Å²) in [5.74, 6) is 0.760. The van der Waals surface area contributed by atoms with Crippen LogP contribution in [0.3, 0.4) is 0 Å². The van der Waals surface area contributed by atoms with Crippen LogP contribution in [0.25, 0.3) is 28.1 Å². The van der Waals surface area contributed by atoms with Gasteiger partial charge < -0.3 is 23.9 Å². The molecule has 0 saturated carbocycles. The molecule has 0 saturated heterocycles. The fraction of sp³-hybridized carbons (Fsp3) is 0.156. The van der Waals surface area contributed by atoms with E-state index in [4.69, 9.17) is 23.7 Å². The molecule has 0 radical (unpaired) electrons. The van der Waals surface area contributed by atoms with Gasteiger partial charge in [0, 0.05) is 24.2 Å². The molecule has 0 atom stereocenters. The molecule has 2 aromatic heterocycles. The number of nitrogens with zero attached hydrogens (tertiary/aromatic N) is 2. The molecule has 41 heavy (non-hydrogen) atoms. The fourth-order valence-corrected chi connectivity index (χ4v) is 4.51. The van der Waals surface area contributed by atoms with E-state index in [9.17, 15) is 9.59 Å². The third kappa shape index (κ3) is 5.56. The highest BCUT2D eigenvalue weighted by atomic mass is 16.5. The van der Waals surface area contributed by atoms with Crippen molar-refractivity contribution in [3.05, 3.63) is 95.9 Å². The van der Waals surface area contributed by atoms with Crippen molar-refractivity contribution in [3.63, 3.8) is 0 Å². The highest BCUT2D eigenvalue weighted by molar-refractivity contribution is 6.02. The minimum absolute atomic E-state index is 0.204. The quantitative estimate of drug-likeness (QED) is 0.216. The van der Waals surface area contributed by atoms with Crippen LogP contribution in [0.4, 0.5) is 5.69 Å². The number of amides is 1. The Hall–Kier alpha value is -5.31. The van der Waals surface area contributed by atoms with Gasteiger partial charge in [-0.15, -0.1) is 0 Å². The Bertz CT molecular complexity index is 1720. The summed E-state index contributed by atoms with van der Waals surface area (Å²) in [6.45, 7) is 5.31. The summed E-state index contributed by atoms with van der Waals surface area (Å²) >= 11 is 0. The zero-order valence-corrected chi connectivity index (χ0v) is 23.3. The SMILES string of the molecule is COc1ccc(-c2nn(-c3cc(C)ccc3C)c(OC(C)=O)c2-c2ccc(NC(=O)c3ccco3)cc2)c(OC)c1. The summed E-state index contributed by atoms with van der Waals surface area (Å²) in [5.41, 5.74) is 5.80. The van der Waals surface area contributed by atoms with Gasteiger partial charge >= 0.3 is 5.97 Å². The summed E-state index contributed by atoms with van der Waals surface area (Å²) < 4.78 is 23.8. The van der Waals surface area contributed by atoms with Crippen LogP contribution in [0, 0.1) is 13.8 Å². The first-order chi connectivity index (χ1) is 19.8. The van der Waals surface area contributed by atoms with Crippen molar-refractivity contribution in [2.75, 3.05) is 19.5 Å². The van der Waals surface area contributed by atoms with E-state index >= 15 is 0 Å². The third-order valence-electron chi connectivity index (χ3n) is 6.52. The molecule has 3 aromatic carbocycles. The minimum atomic E-state index is -0.492. The van der Waals surface area contributed by atoms with E-state index in [0.717, 1.165) is 16.8 Å². The Kier molecular flexibility index (Phi) is 7.60. The average molecular weight is 552 g/mol. The van der Waals surface area contributed by atoms with Gasteiger partial charge in [0.05, 0.1) is 31.7 Å². The smallest absolute Gasteiger partial charge is 0.309 e. The lowest BCUT2D eigenvalue weighted by Gasteiger charge is -2.12. The predicted octanol–water partition coefficient (Wildman–Crippen LogP) is 6.61. The first-order valence-electron chi connectivity index (χ1n) is 12.9. The normalized spacial score (nSPS) is 10.8. The molecule has 0 spiro atoms. The standard InChI is InChI=1S/C32H29N3O6/c1-19-8-9-20(2)26(17-19)35-32(41-21(3)36)29(30(34-35)25-15-14-24(38-4)18-28(25)39-5)22-10-12-23(13-11-22)33-31(37)27-7-6-16-40-27/h6-18H,1-5H3,(H,33,37). The van der Waals surface area contributed by atoms with Gasteiger partial charge in [-0.3, -0.25) is 9.59 Å². The van der Waals surface area contributed by atoms with Crippen molar-refractivity contribution >= 4 is 17.6 Å². The molecule has 0 aliphatic rings. The maximum Gasteiger partial charge on any atom is 0.309 e. The number of carbonyl (C=O) groups excluding carboxylic acids is 2. The largest absolute Gasteiger partial charge is 0.497 e. The van der Waals surface area contributed by atoms with Crippen LogP contribution in [0.5, 0.6) is 17.4 Å². The molecule has 5 aromatic rings. The molecule has 1 N–H and O–H groups in total. The number of furan rings is 1. The number of anilines is 1. The first kappa shape index (κ1) is 27.3. The van der Waals surface area contributed by atoms with Crippen LogP contribution in [0.2, 0.25) is 0 Å². The summed E-state index contributed by atoms with van der Waals surface area (Å²) in [4.78, 5) is 24.9. The Balaban J connectivity index is 1.71. The van der Waals surface area contributed by atoms with Gasteiger partial charge in [-0.25, -0.2) is 0 Å². The lowest BCUT2D eigenvalue weighted by molar-refractivity contribution is -0.132. The van der Waals surface area contributed by atoms with Crippen LogP contribution in [0.1, 0.15) is 28.6 Å². The molecule has 0 aliphatic heterocycles. The van der Waals surface area contributed by atoms with Gasteiger partial charge in [-0.2, -0.15) is 9.78 Å². The molecule has 0 bridgehead atoms. The lowest BCUT2D eigenvalue weighted by Crippen LogP contribution is -2.10. The van der Waals surface area contributed by atoms with Crippen molar-refractivity contribution < 1.29 is 28.2 Å². The lowest BCUT2D eigenvalue weighted by atomic mass is 10.00. The van der Waals surface area contributed by atoms with Gasteiger partial charge in [-0.1, -0.05) is 24.3 Å². The second-order valence-corrected chi connectivity index (χ2v) is 9.40. The summed E-state index contributed by atoms with van der Waals surface area (Å²) in [6, 6.07) is 21.9. The molecule has 0 fully saturated rings. The average Bonchev–Trinajstić information content (AvgIpc) is 3.63. The number of hydrogen-bond donors (Lipinski definition) is 1. The van der Waals surface area contributed by atoms with Gasteiger partial charge in [-0.05, 0) is 73.0 Å². The number of benzene rings is 3. The number of aromatic nitrogens is 2. The molecular weight excluding hydrogens is 522 g/mol. The van der Waals surface area contributed by atoms with Crippen LogP contribution < -0.4 is 19.5 Å². The van der Waals surface area contributed by atoms with Crippen molar-refractivity contribution in [1.29, 1.82) is 0 Å². The van der Waals surface area contributed by atoms with Crippen LogP contribution in [-0.2, 0) is 4.79 Å². The van der Waals surface area contributed by atoms with E-state index in [1.807, 2.05) is 56.3 Å². The highest BCUT2D eigenvalue weighted by Gasteiger charge is 2.27. The molecule has 208 valence electrons. The van der Waals surface area contributed by atoms with E-state index in [0.29, 0.717) is 39.6 Å². The fourth-order valence-electron chi connectivity index (χ4n) is 4.51. The zero-order valence-electron chi connectivity index (χ0n) is 23.3. The maximum atomic E-state index is 12.5. The van der Waals surface area contributed by atoms with E-state index in [-0.39, 0.29) is 17.5 Å². The number of rotatable bonds is 8. The Morgan fingerprint density at radius 3 is 2.37 bits per heavy atom. The molecule has 9 heteroatoms. The molecule has 0 unspecified atom stereocenters. The number of carbonyl (C=O) groups is 2. The molecule has 2 heterocycles. The molecule has 1 amide bonds. The maximum absolute atomic E-state index is 12.5. The van der Waals surface area contributed by atoms with Crippen molar-refractivity contribution in [1.82, 2.24) is 9.78 Å². The zero-order chi connectivity index (χ0) is 29.1. The van der Waals surface area contributed by atoms with E-state index in [2.05, 4.69) is 5.32 Å². The van der Waals surface area contributed by atoms with E-state index in [1.165, 1.54) is 13.2 Å². The van der Waals surface area contributed by atoms with Gasteiger partial charge in [0.15, 0.2) is 5.76 Å². The van der Waals surface area contributed by atoms with Gasteiger partial charge in [0.1, 0.15) is 17.2 Å². The second-order valence-electron chi connectivity index (χ2n) is 9.40. The molecular formula is C32H29N3O6. The Morgan fingerprint density at radius 1 is 0.927 bits per heavy atom.